The lowest BCUT2D eigenvalue weighted by atomic mass is 10.0. The number of hydrogen-bond acceptors (Lipinski definition) is 7. The van der Waals surface area contributed by atoms with Gasteiger partial charge in [0, 0.05) is 24.5 Å². The first kappa shape index (κ1) is 28.7. The van der Waals surface area contributed by atoms with Crippen LogP contribution in [-0.2, 0) is 27.4 Å². The largest absolute Gasteiger partial charge is 0.465 e. The number of carbonyl (C=O) groups is 3. The van der Waals surface area contributed by atoms with Crippen molar-refractivity contribution < 1.29 is 33.7 Å². The van der Waals surface area contributed by atoms with Gasteiger partial charge >= 0.3 is 18.2 Å². The van der Waals surface area contributed by atoms with Crippen LogP contribution in [0, 0.1) is 0 Å². The van der Waals surface area contributed by atoms with E-state index >= 15 is 0 Å². The van der Waals surface area contributed by atoms with Gasteiger partial charge in [0.2, 0.25) is 0 Å². The monoisotopic (exact) mass is 524 g/mol. The summed E-state index contributed by atoms with van der Waals surface area (Å²) in [6.07, 6.45) is -1.09. The topological polar surface area (TPSA) is 107 Å². The minimum atomic E-state index is -0.777. The highest BCUT2D eigenvalue weighted by Gasteiger charge is 2.29. The number of nitrogens with zero attached hydrogens (tertiary/aromatic N) is 2. The number of aromatic nitrogens is 1. The molecule has 0 aliphatic heterocycles. The highest BCUT2D eigenvalue weighted by Crippen LogP contribution is 2.37. The number of esters is 1. The molecule has 0 atom stereocenters. The molecule has 0 saturated carbocycles. The van der Waals surface area contributed by atoms with Crippen molar-refractivity contribution in [2.75, 3.05) is 14.2 Å². The van der Waals surface area contributed by atoms with Crippen molar-refractivity contribution in [2.45, 2.75) is 65.9 Å². The van der Waals surface area contributed by atoms with Gasteiger partial charge in [0.25, 0.3) is 0 Å². The van der Waals surface area contributed by atoms with Crippen LogP contribution in [0.4, 0.5) is 9.59 Å². The van der Waals surface area contributed by atoms with Crippen LogP contribution in [0.2, 0.25) is 0 Å². The summed E-state index contributed by atoms with van der Waals surface area (Å²) in [6, 6.07) is 12.2. The van der Waals surface area contributed by atoms with E-state index in [4.69, 9.17) is 14.2 Å². The number of carbonyl (C=O) groups excluding carboxylic acids is 3. The molecule has 0 aliphatic carbocycles. The zero-order valence-corrected chi connectivity index (χ0v) is 23.2. The maximum Gasteiger partial charge on any atom is 0.419 e. The predicted molar refractivity (Wildman–Crippen MR) is 144 cm³/mol. The Hall–Kier alpha value is -3.85. The lowest BCUT2D eigenvalue weighted by Gasteiger charge is -2.24. The molecule has 0 spiro atoms. The van der Waals surface area contributed by atoms with Crippen molar-refractivity contribution in [3.05, 3.63) is 59.2 Å². The van der Waals surface area contributed by atoms with E-state index in [1.165, 1.54) is 16.6 Å². The van der Waals surface area contributed by atoms with Gasteiger partial charge in [0.1, 0.15) is 11.2 Å². The minimum absolute atomic E-state index is 0.230. The fraction of sp³-hybridized carbons (Fsp3) is 0.414. The fourth-order valence-electron chi connectivity index (χ4n) is 4.10. The third-order valence-electron chi connectivity index (χ3n) is 5.59. The summed E-state index contributed by atoms with van der Waals surface area (Å²) in [5.41, 5.74) is 1.52. The second-order valence-corrected chi connectivity index (χ2v) is 11.0. The summed E-state index contributed by atoms with van der Waals surface area (Å²) < 4.78 is 17.4. The van der Waals surface area contributed by atoms with Crippen LogP contribution in [0.25, 0.3) is 22.2 Å². The quantitative estimate of drug-likeness (QED) is 0.335. The fourth-order valence-corrected chi connectivity index (χ4v) is 4.10. The van der Waals surface area contributed by atoms with Crippen LogP contribution < -0.4 is 0 Å². The van der Waals surface area contributed by atoms with E-state index in [2.05, 4.69) is 0 Å². The lowest BCUT2D eigenvalue weighted by Crippen LogP contribution is -2.33. The molecule has 204 valence electrons. The van der Waals surface area contributed by atoms with Gasteiger partial charge in [-0.1, -0.05) is 30.3 Å². The van der Waals surface area contributed by atoms with Gasteiger partial charge in [-0.15, -0.1) is 0 Å². The molecule has 1 amide bonds. The molecule has 1 heterocycles. The SMILES string of the molecule is COC(=O)c1cccc2c1c(CO)c(-c1ccc(CN(C)C(=O)OC(C)(C)C)cc1)n2C(=O)OC(C)(C)C. The maximum absolute atomic E-state index is 13.4. The van der Waals surface area contributed by atoms with E-state index in [0.717, 1.165) is 5.56 Å². The van der Waals surface area contributed by atoms with E-state index in [1.54, 1.807) is 58.2 Å². The Balaban J connectivity index is 2.13. The summed E-state index contributed by atoms with van der Waals surface area (Å²) in [5, 5.41) is 10.8. The Kier molecular flexibility index (Phi) is 8.21. The van der Waals surface area contributed by atoms with Crippen LogP contribution in [0.15, 0.2) is 42.5 Å². The summed E-state index contributed by atoms with van der Waals surface area (Å²) in [5.74, 6) is -0.585. The molecule has 9 heteroatoms. The molecule has 0 aliphatic rings. The highest BCUT2D eigenvalue weighted by molar-refractivity contribution is 6.10. The van der Waals surface area contributed by atoms with Crippen LogP contribution in [0.3, 0.4) is 0 Å². The molecule has 38 heavy (non-hydrogen) atoms. The molecule has 2 aromatic carbocycles. The van der Waals surface area contributed by atoms with Gasteiger partial charge in [-0.05, 0) is 64.8 Å². The molecule has 0 unspecified atom stereocenters. The summed E-state index contributed by atoms with van der Waals surface area (Å²) >= 11 is 0. The average Bonchev–Trinajstić information content (AvgIpc) is 3.16. The van der Waals surface area contributed by atoms with E-state index in [-0.39, 0.29) is 5.56 Å². The second kappa shape index (κ2) is 10.9. The minimum Gasteiger partial charge on any atom is -0.465 e. The maximum atomic E-state index is 13.4. The summed E-state index contributed by atoms with van der Waals surface area (Å²) in [7, 11) is 2.93. The van der Waals surface area contributed by atoms with Gasteiger partial charge in [-0.3, -0.25) is 0 Å². The van der Waals surface area contributed by atoms with Crippen molar-refractivity contribution >= 4 is 29.1 Å². The van der Waals surface area contributed by atoms with E-state index in [0.29, 0.717) is 34.3 Å². The number of methoxy groups -OCH3 is 1. The smallest absolute Gasteiger partial charge is 0.419 e. The number of benzene rings is 2. The number of hydrogen-bond donors (Lipinski definition) is 1. The van der Waals surface area contributed by atoms with E-state index in [9.17, 15) is 19.5 Å². The standard InChI is InChI=1S/C29H36N2O7/c1-28(2,3)37-26(34)30(7)16-18-12-14-19(15-13-18)24-21(17-32)23-20(25(33)36-8)10-9-11-22(23)31(24)27(35)38-29(4,5)6/h9-15,32H,16-17H2,1-8H3. The third kappa shape index (κ3) is 6.34. The van der Waals surface area contributed by atoms with Gasteiger partial charge in [0.15, 0.2) is 0 Å². The van der Waals surface area contributed by atoms with Crippen LogP contribution >= 0.6 is 0 Å². The Morgan fingerprint density at radius 2 is 1.53 bits per heavy atom. The van der Waals surface area contributed by atoms with Gasteiger partial charge in [0.05, 0.1) is 30.5 Å². The molecular formula is C29H36N2O7. The first-order chi connectivity index (χ1) is 17.7. The van der Waals surface area contributed by atoms with Gasteiger partial charge in [-0.25, -0.2) is 19.0 Å². The normalized spacial score (nSPS) is 11.8. The average molecular weight is 525 g/mol. The zero-order chi connectivity index (χ0) is 28.4. The predicted octanol–water partition coefficient (Wildman–Crippen LogP) is 5.74. The number of aliphatic hydroxyl groups is 1. The summed E-state index contributed by atoms with van der Waals surface area (Å²) in [6.45, 7) is 10.6. The van der Waals surface area contributed by atoms with Crippen molar-refractivity contribution in [3.8, 4) is 11.3 Å². The molecular weight excluding hydrogens is 488 g/mol. The molecule has 3 aromatic rings. The number of aliphatic hydroxyl groups excluding tert-OH is 1. The Morgan fingerprint density at radius 1 is 0.921 bits per heavy atom. The van der Waals surface area contributed by atoms with Crippen LogP contribution in [-0.4, -0.2) is 58.1 Å². The number of rotatable bonds is 5. The van der Waals surface area contributed by atoms with Crippen molar-refractivity contribution in [1.29, 1.82) is 0 Å². The van der Waals surface area contributed by atoms with Crippen LogP contribution in [0.1, 0.15) is 63.0 Å². The van der Waals surface area contributed by atoms with E-state index < -0.39 is 36.0 Å². The molecule has 0 saturated heterocycles. The number of amides is 1. The highest BCUT2D eigenvalue weighted by atomic mass is 16.6. The van der Waals surface area contributed by atoms with Crippen molar-refractivity contribution in [1.82, 2.24) is 9.47 Å². The Labute approximate surface area is 222 Å². The first-order valence-electron chi connectivity index (χ1n) is 12.3. The van der Waals surface area contributed by atoms with E-state index in [1.807, 2.05) is 32.9 Å². The molecule has 3 rings (SSSR count). The lowest BCUT2D eigenvalue weighted by molar-refractivity contribution is 0.0284. The first-order valence-corrected chi connectivity index (χ1v) is 12.3. The summed E-state index contributed by atoms with van der Waals surface area (Å²) in [4.78, 5) is 39.8. The molecule has 0 fully saturated rings. The number of ether oxygens (including phenoxy) is 3. The zero-order valence-electron chi connectivity index (χ0n) is 23.2. The third-order valence-corrected chi connectivity index (χ3v) is 5.59. The van der Waals surface area contributed by atoms with Gasteiger partial charge < -0.3 is 24.2 Å². The molecule has 1 aromatic heterocycles. The van der Waals surface area contributed by atoms with Crippen molar-refractivity contribution in [2.24, 2.45) is 0 Å². The van der Waals surface area contributed by atoms with Crippen molar-refractivity contribution in [3.63, 3.8) is 0 Å². The second-order valence-electron chi connectivity index (χ2n) is 11.0. The Morgan fingerprint density at radius 3 is 2.05 bits per heavy atom. The molecule has 1 N–H and O–H groups in total. The Bertz CT molecular complexity index is 1340. The van der Waals surface area contributed by atoms with Crippen LogP contribution in [0.5, 0.6) is 0 Å². The molecule has 0 bridgehead atoms. The molecule has 9 nitrogen and oxygen atoms in total. The number of fused-ring (bicyclic) bond motifs is 1. The molecule has 0 radical (unpaired) electrons. The van der Waals surface area contributed by atoms with Gasteiger partial charge in [-0.2, -0.15) is 0 Å².